The lowest BCUT2D eigenvalue weighted by atomic mass is 10.0. The molecule has 0 bridgehead atoms. The third kappa shape index (κ3) is 3.69. The van der Waals surface area contributed by atoms with Gasteiger partial charge in [-0.05, 0) is 43.5 Å². The van der Waals surface area contributed by atoms with Gasteiger partial charge in [0.15, 0.2) is 0 Å². The van der Waals surface area contributed by atoms with Crippen LogP contribution >= 0.6 is 0 Å². The van der Waals surface area contributed by atoms with E-state index < -0.39 is 17.8 Å². The zero-order valence-corrected chi connectivity index (χ0v) is 17.8. The summed E-state index contributed by atoms with van der Waals surface area (Å²) in [5, 5.41) is 14.3. The largest absolute Gasteiger partial charge is 0.507 e. The fourth-order valence-corrected chi connectivity index (χ4v) is 3.87. The summed E-state index contributed by atoms with van der Waals surface area (Å²) in [4.78, 5) is 41.4. The molecule has 4 rings (SSSR count). The van der Waals surface area contributed by atoms with Crippen LogP contribution in [0.1, 0.15) is 19.4 Å². The Balaban J connectivity index is 1.75. The van der Waals surface area contributed by atoms with Gasteiger partial charge in [0.05, 0.1) is 5.69 Å². The molecule has 3 aromatic rings. The fourth-order valence-electron chi connectivity index (χ4n) is 3.87. The van der Waals surface area contributed by atoms with Gasteiger partial charge in [0.25, 0.3) is 11.8 Å². The number of imide groups is 2. The van der Waals surface area contributed by atoms with Crippen LogP contribution in [0.2, 0.25) is 0 Å². The molecule has 0 atom stereocenters. The molecule has 1 saturated heterocycles. The molecule has 162 valence electrons. The number of aromatic hydroxyl groups is 1. The Hall–Kier alpha value is -4.13. The number of rotatable bonds is 5. The maximum absolute atomic E-state index is 13.3. The third-order valence-corrected chi connectivity index (χ3v) is 5.55. The Morgan fingerprint density at radius 3 is 2.41 bits per heavy atom. The smallest absolute Gasteiger partial charge is 0.335 e. The van der Waals surface area contributed by atoms with Gasteiger partial charge in [-0.3, -0.25) is 14.9 Å². The number of fused-ring (bicyclic) bond motifs is 1. The van der Waals surface area contributed by atoms with Crippen LogP contribution in [0.5, 0.6) is 5.75 Å². The first-order valence-corrected chi connectivity index (χ1v) is 10.4. The van der Waals surface area contributed by atoms with Crippen LogP contribution in [0.4, 0.5) is 16.2 Å². The van der Waals surface area contributed by atoms with Crippen molar-refractivity contribution in [3.05, 3.63) is 71.8 Å². The second kappa shape index (κ2) is 8.55. The number of hydrogen-bond donors (Lipinski definition) is 2. The van der Waals surface area contributed by atoms with E-state index in [2.05, 4.69) is 10.2 Å². The van der Waals surface area contributed by atoms with Crippen LogP contribution in [-0.4, -0.2) is 36.0 Å². The summed E-state index contributed by atoms with van der Waals surface area (Å²) in [5.41, 5.74) is 1.29. The van der Waals surface area contributed by atoms with Gasteiger partial charge in [-0.1, -0.05) is 36.4 Å². The van der Waals surface area contributed by atoms with Crippen molar-refractivity contribution in [3.8, 4) is 5.75 Å². The average molecular weight is 429 g/mol. The molecule has 0 aromatic heterocycles. The first-order chi connectivity index (χ1) is 15.4. The van der Waals surface area contributed by atoms with Crippen molar-refractivity contribution in [3.63, 3.8) is 0 Å². The highest BCUT2D eigenvalue weighted by atomic mass is 16.3. The number of nitrogens with zero attached hydrogens (tertiary/aromatic N) is 2. The number of benzene rings is 3. The number of barbiturate groups is 1. The van der Waals surface area contributed by atoms with Gasteiger partial charge in [0.2, 0.25) is 0 Å². The third-order valence-electron chi connectivity index (χ3n) is 5.55. The lowest BCUT2D eigenvalue weighted by molar-refractivity contribution is -0.122. The van der Waals surface area contributed by atoms with Gasteiger partial charge in [-0.15, -0.1) is 0 Å². The van der Waals surface area contributed by atoms with Crippen LogP contribution in [0.25, 0.3) is 16.8 Å². The van der Waals surface area contributed by atoms with Gasteiger partial charge in [0.1, 0.15) is 11.3 Å². The summed E-state index contributed by atoms with van der Waals surface area (Å²) in [6.07, 6.45) is 1.31. The molecule has 0 aliphatic carbocycles. The summed E-state index contributed by atoms with van der Waals surface area (Å²) >= 11 is 0. The molecule has 3 aromatic carbocycles. The van der Waals surface area contributed by atoms with E-state index in [0.29, 0.717) is 16.6 Å². The normalized spacial score (nSPS) is 15.4. The van der Waals surface area contributed by atoms with Crippen LogP contribution in [0, 0.1) is 0 Å². The van der Waals surface area contributed by atoms with E-state index in [1.54, 1.807) is 24.3 Å². The minimum Gasteiger partial charge on any atom is -0.507 e. The van der Waals surface area contributed by atoms with Crippen molar-refractivity contribution in [2.24, 2.45) is 0 Å². The molecular formula is C25H23N3O4. The average Bonchev–Trinajstić information content (AvgIpc) is 2.78. The predicted octanol–water partition coefficient (Wildman–Crippen LogP) is 4.06. The Labute approximate surface area is 185 Å². The van der Waals surface area contributed by atoms with Gasteiger partial charge in [-0.2, -0.15) is 0 Å². The zero-order chi connectivity index (χ0) is 22.8. The van der Waals surface area contributed by atoms with Gasteiger partial charge in [0, 0.05) is 35.8 Å². The number of nitrogens with one attached hydrogen (secondary N) is 1. The van der Waals surface area contributed by atoms with Crippen molar-refractivity contribution < 1.29 is 19.5 Å². The highest BCUT2D eigenvalue weighted by molar-refractivity contribution is 6.40. The quantitative estimate of drug-likeness (QED) is 0.472. The molecule has 1 fully saturated rings. The second-order valence-corrected chi connectivity index (χ2v) is 7.37. The van der Waals surface area contributed by atoms with Crippen LogP contribution < -0.4 is 15.1 Å². The fraction of sp³-hybridized carbons (Fsp3) is 0.160. The van der Waals surface area contributed by atoms with Crippen molar-refractivity contribution in [2.75, 3.05) is 22.9 Å². The molecule has 7 nitrogen and oxygen atoms in total. The number of carbonyl (C=O) groups excluding carboxylic acids is 3. The molecular weight excluding hydrogens is 406 g/mol. The van der Waals surface area contributed by atoms with Crippen molar-refractivity contribution in [2.45, 2.75) is 13.8 Å². The summed E-state index contributed by atoms with van der Waals surface area (Å²) in [5.74, 6) is -1.61. The van der Waals surface area contributed by atoms with Crippen molar-refractivity contribution >= 4 is 46.1 Å². The van der Waals surface area contributed by atoms with Gasteiger partial charge < -0.3 is 10.0 Å². The molecule has 0 spiro atoms. The summed E-state index contributed by atoms with van der Waals surface area (Å²) in [6.45, 7) is 5.58. The summed E-state index contributed by atoms with van der Waals surface area (Å²) in [7, 11) is 0. The van der Waals surface area contributed by atoms with E-state index in [4.69, 9.17) is 0 Å². The molecule has 0 unspecified atom stereocenters. The topological polar surface area (TPSA) is 90.0 Å². The Morgan fingerprint density at radius 1 is 0.969 bits per heavy atom. The molecule has 1 heterocycles. The number of phenols is 1. The molecule has 4 amide bonds. The highest BCUT2D eigenvalue weighted by Gasteiger charge is 2.37. The minimum atomic E-state index is -0.811. The maximum atomic E-state index is 13.3. The SMILES string of the molecule is CCN(CC)c1ccc(/C=C2\C(=O)NC(=O)N(c3cccc4ccccc34)C2=O)c(O)c1. The van der Waals surface area contributed by atoms with Crippen LogP contribution in [0.15, 0.2) is 66.2 Å². The Kier molecular flexibility index (Phi) is 5.64. The number of amides is 4. The lowest BCUT2D eigenvalue weighted by Crippen LogP contribution is -2.54. The van der Waals surface area contributed by atoms with E-state index in [-0.39, 0.29) is 11.3 Å². The Bertz CT molecular complexity index is 1260. The van der Waals surface area contributed by atoms with Gasteiger partial charge in [-0.25, -0.2) is 9.69 Å². The van der Waals surface area contributed by atoms with Gasteiger partial charge >= 0.3 is 6.03 Å². The second-order valence-electron chi connectivity index (χ2n) is 7.37. The number of anilines is 2. The van der Waals surface area contributed by atoms with E-state index >= 15 is 0 Å². The monoisotopic (exact) mass is 429 g/mol. The van der Waals surface area contributed by atoms with Crippen LogP contribution in [0.3, 0.4) is 0 Å². The number of carbonyl (C=O) groups is 3. The van der Waals surface area contributed by atoms with Crippen molar-refractivity contribution in [1.29, 1.82) is 0 Å². The number of urea groups is 1. The molecule has 32 heavy (non-hydrogen) atoms. The standard InChI is InChI=1S/C25H23N3O4/c1-3-27(4-2)18-13-12-17(22(29)15-18)14-20-23(30)26-25(32)28(24(20)31)21-11-7-9-16-8-5-6-10-19(16)21/h5-15,29H,3-4H2,1-2H3,(H,26,30,32)/b20-14+. The first-order valence-electron chi connectivity index (χ1n) is 10.4. The molecule has 0 saturated carbocycles. The minimum absolute atomic E-state index is 0.0592. The van der Waals surface area contributed by atoms with E-state index in [1.165, 1.54) is 6.08 Å². The van der Waals surface area contributed by atoms with Crippen LogP contribution in [-0.2, 0) is 9.59 Å². The zero-order valence-electron chi connectivity index (χ0n) is 17.8. The predicted molar refractivity (Wildman–Crippen MR) is 125 cm³/mol. The molecule has 1 aliphatic rings. The lowest BCUT2D eigenvalue weighted by Gasteiger charge is -2.27. The molecule has 2 N–H and O–H groups in total. The summed E-state index contributed by atoms with van der Waals surface area (Å²) < 4.78 is 0. The van der Waals surface area contributed by atoms with E-state index in [9.17, 15) is 19.5 Å². The first kappa shape index (κ1) is 21.1. The number of phenolic OH excluding ortho intramolecular Hbond substituents is 1. The van der Waals surface area contributed by atoms with Crippen molar-refractivity contribution in [1.82, 2.24) is 5.32 Å². The summed E-state index contributed by atoms with van der Waals surface area (Å²) in [6, 6.07) is 16.9. The molecule has 1 aliphatic heterocycles. The van der Waals surface area contributed by atoms with E-state index in [1.807, 2.05) is 50.2 Å². The number of hydrogen-bond acceptors (Lipinski definition) is 5. The highest BCUT2D eigenvalue weighted by Crippen LogP contribution is 2.31. The maximum Gasteiger partial charge on any atom is 0.335 e. The Morgan fingerprint density at radius 2 is 1.69 bits per heavy atom. The molecule has 7 heteroatoms. The van der Waals surface area contributed by atoms with E-state index in [0.717, 1.165) is 29.1 Å². The molecule has 0 radical (unpaired) electrons.